The zero-order valence-corrected chi connectivity index (χ0v) is 16.6. The van der Waals surface area contributed by atoms with Gasteiger partial charge in [0.1, 0.15) is 11.6 Å². The third-order valence-electron chi connectivity index (χ3n) is 4.03. The minimum absolute atomic E-state index is 0.0824. The Morgan fingerprint density at radius 2 is 1.57 bits per heavy atom. The Hall–Kier alpha value is -4.01. The van der Waals surface area contributed by atoms with Gasteiger partial charge in [0.2, 0.25) is 5.91 Å². The molecule has 0 unspecified atom stereocenters. The van der Waals surface area contributed by atoms with E-state index in [-0.39, 0.29) is 18.4 Å². The molecule has 0 spiro atoms. The van der Waals surface area contributed by atoms with Gasteiger partial charge < -0.3 is 21.3 Å². The number of amides is 2. The van der Waals surface area contributed by atoms with Crippen LogP contribution in [0.1, 0.15) is 15.9 Å². The van der Waals surface area contributed by atoms with Crippen molar-refractivity contribution in [3.05, 3.63) is 71.9 Å². The lowest BCUT2D eigenvalue weighted by molar-refractivity contribution is -0.120. The molecule has 154 valence electrons. The lowest BCUT2D eigenvalue weighted by atomic mass is 10.2. The third kappa shape index (κ3) is 6.55. The second kappa shape index (κ2) is 10.5. The Bertz CT molecular complexity index is 961. The van der Waals surface area contributed by atoms with E-state index >= 15 is 0 Å². The van der Waals surface area contributed by atoms with Crippen LogP contribution in [0.3, 0.4) is 0 Å². The Morgan fingerprint density at radius 1 is 0.833 bits per heavy atom. The number of aromatic nitrogens is 3. The van der Waals surface area contributed by atoms with E-state index in [1.807, 2.05) is 25.1 Å². The topological polar surface area (TPSA) is 121 Å². The highest BCUT2D eigenvalue weighted by atomic mass is 16.2. The number of hydrogen-bond donors (Lipinski definition) is 4. The highest BCUT2D eigenvalue weighted by molar-refractivity contribution is 5.96. The van der Waals surface area contributed by atoms with Crippen LogP contribution in [-0.2, 0) is 4.79 Å². The molecule has 0 aliphatic heterocycles. The molecule has 4 N–H and O–H groups in total. The Balaban J connectivity index is 1.33. The van der Waals surface area contributed by atoms with Gasteiger partial charge in [-0.3, -0.25) is 9.59 Å². The summed E-state index contributed by atoms with van der Waals surface area (Å²) in [5, 5.41) is 19.6. The third-order valence-corrected chi connectivity index (χ3v) is 4.03. The summed E-state index contributed by atoms with van der Waals surface area (Å²) >= 11 is 0. The summed E-state index contributed by atoms with van der Waals surface area (Å²) in [7, 11) is 0. The van der Waals surface area contributed by atoms with Gasteiger partial charge >= 0.3 is 0 Å². The second-order valence-electron chi connectivity index (χ2n) is 6.48. The molecule has 0 aliphatic carbocycles. The van der Waals surface area contributed by atoms with Crippen LogP contribution >= 0.6 is 0 Å². The van der Waals surface area contributed by atoms with Crippen LogP contribution in [0.2, 0.25) is 0 Å². The van der Waals surface area contributed by atoms with Crippen molar-refractivity contribution in [1.29, 1.82) is 0 Å². The second-order valence-corrected chi connectivity index (χ2v) is 6.48. The number of anilines is 3. The van der Waals surface area contributed by atoms with E-state index in [9.17, 15) is 9.59 Å². The lowest BCUT2D eigenvalue weighted by Gasteiger charge is -2.09. The maximum Gasteiger partial charge on any atom is 0.251 e. The van der Waals surface area contributed by atoms with Crippen molar-refractivity contribution in [3.63, 3.8) is 0 Å². The lowest BCUT2D eigenvalue weighted by Crippen LogP contribution is -2.38. The van der Waals surface area contributed by atoms with E-state index in [2.05, 4.69) is 36.4 Å². The number of carbonyl (C=O) groups is 2. The first kappa shape index (κ1) is 20.7. The van der Waals surface area contributed by atoms with Gasteiger partial charge in [-0.1, -0.05) is 24.3 Å². The maximum atomic E-state index is 11.9. The molecule has 0 aliphatic rings. The fraction of sp³-hybridized carbons (Fsp3) is 0.190. The summed E-state index contributed by atoms with van der Waals surface area (Å²) in [6.07, 6.45) is 1.77. The summed E-state index contributed by atoms with van der Waals surface area (Å²) < 4.78 is 0. The van der Waals surface area contributed by atoms with Crippen LogP contribution in [-0.4, -0.2) is 46.6 Å². The average Bonchev–Trinajstić information content (AvgIpc) is 2.78. The first-order valence-corrected chi connectivity index (χ1v) is 9.47. The molecule has 0 fully saturated rings. The van der Waals surface area contributed by atoms with Crippen LogP contribution in [0.5, 0.6) is 0 Å². The standard InChI is InChI=1S/C21H23N7O2/c1-15-7-8-17(24-13-15)26-19-10-9-18(27-28-19)22-11-12-23-20(29)14-25-21(30)16-5-3-2-4-6-16/h2-10,13H,11-12,14H2,1H3,(H,22,27)(H,23,29)(H,25,30)(H,24,26,28). The van der Waals surface area contributed by atoms with Crippen molar-refractivity contribution in [2.45, 2.75) is 6.92 Å². The number of nitrogens with one attached hydrogen (secondary N) is 4. The minimum Gasteiger partial charge on any atom is -0.367 e. The molecule has 0 radical (unpaired) electrons. The molecule has 3 rings (SSSR count). The number of carbonyl (C=O) groups excluding carboxylic acids is 2. The van der Waals surface area contributed by atoms with Crippen molar-refractivity contribution in [2.24, 2.45) is 0 Å². The Morgan fingerprint density at radius 3 is 2.27 bits per heavy atom. The molecule has 30 heavy (non-hydrogen) atoms. The summed E-state index contributed by atoms with van der Waals surface area (Å²) in [6, 6.07) is 16.1. The average molecular weight is 405 g/mol. The van der Waals surface area contributed by atoms with E-state index < -0.39 is 0 Å². The van der Waals surface area contributed by atoms with Gasteiger partial charge in [0.15, 0.2) is 5.82 Å². The van der Waals surface area contributed by atoms with Gasteiger partial charge in [-0.05, 0) is 42.8 Å². The first-order chi connectivity index (χ1) is 14.6. The monoisotopic (exact) mass is 405 g/mol. The van der Waals surface area contributed by atoms with Crippen LogP contribution < -0.4 is 21.3 Å². The Kier molecular flexibility index (Phi) is 7.26. The summed E-state index contributed by atoms with van der Waals surface area (Å²) in [6.45, 7) is 2.75. The predicted octanol–water partition coefficient (Wildman–Crippen LogP) is 1.88. The summed E-state index contributed by atoms with van der Waals surface area (Å²) in [5.74, 6) is 1.31. The highest BCUT2D eigenvalue weighted by Crippen LogP contribution is 2.12. The fourth-order valence-corrected chi connectivity index (χ4v) is 2.47. The normalized spacial score (nSPS) is 10.2. The molecule has 2 heterocycles. The van der Waals surface area contributed by atoms with Gasteiger partial charge in [0.25, 0.3) is 5.91 Å². The van der Waals surface area contributed by atoms with E-state index in [0.717, 1.165) is 5.56 Å². The van der Waals surface area contributed by atoms with Gasteiger partial charge in [0.05, 0.1) is 6.54 Å². The number of aryl methyl sites for hydroxylation is 1. The number of benzene rings is 1. The van der Waals surface area contributed by atoms with Crippen molar-refractivity contribution in [3.8, 4) is 0 Å². The molecular weight excluding hydrogens is 382 g/mol. The van der Waals surface area contributed by atoms with E-state index in [0.29, 0.717) is 36.1 Å². The number of nitrogens with zero attached hydrogens (tertiary/aromatic N) is 3. The SMILES string of the molecule is Cc1ccc(Nc2ccc(NCCNC(=O)CNC(=O)c3ccccc3)nn2)nc1. The molecule has 9 heteroatoms. The van der Waals surface area contributed by atoms with Crippen LogP contribution in [0.4, 0.5) is 17.5 Å². The molecule has 0 saturated carbocycles. The molecule has 2 aromatic heterocycles. The van der Waals surface area contributed by atoms with Crippen molar-refractivity contribution >= 4 is 29.3 Å². The Labute approximate surface area is 174 Å². The van der Waals surface area contributed by atoms with E-state index in [1.165, 1.54) is 0 Å². The molecular formula is C21H23N7O2. The summed E-state index contributed by atoms with van der Waals surface area (Å²) in [4.78, 5) is 28.0. The van der Waals surface area contributed by atoms with Crippen LogP contribution in [0.15, 0.2) is 60.8 Å². The highest BCUT2D eigenvalue weighted by Gasteiger charge is 2.07. The summed E-state index contributed by atoms with van der Waals surface area (Å²) in [5.41, 5.74) is 1.60. The van der Waals surface area contributed by atoms with Crippen LogP contribution in [0, 0.1) is 6.92 Å². The number of rotatable bonds is 9. The number of hydrogen-bond acceptors (Lipinski definition) is 7. The van der Waals surface area contributed by atoms with E-state index in [4.69, 9.17) is 0 Å². The minimum atomic E-state index is -0.284. The smallest absolute Gasteiger partial charge is 0.251 e. The van der Waals surface area contributed by atoms with Gasteiger partial charge in [-0.15, -0.1) is 10.2 Å². The van der Waals surface area contributed by atoms with Crippen LogP contribution in [0.25, 0.3) is 0 Å². The molecule has 2 amide bonds. The van der Waals surface area contributed by atoms with Gasteiger partial charge in [-0.2, -0.15) is 0 Å². The molecule has 9 nitrogen and oxygen atoms in total. The van der Waals surface area contributed by atoms with E-state index in [1.54, 1.807) is 42.6 Å². The van der Waals surface area contributed by atoms with Crippen molar-refractivity contribution in [2.75, 3.05) is 30.3 Å². The quantitative estimate of drug-likeness (QED) is 0.401. The van der Waals surface area contributed by atoms with Gasteiger partial charge in [-0.25, -0.2) is 4.98 Å². The largest absolute Gasteiger partial charge is 0.367 e. The maximum absolute atomic E-state index is 11.9. The molecule has 0 bridgehead atoms. The zero-order valence-electron chi connectivity index (χ0n) is 16.6. The molecule has 3 aromatic rings. The number of pyridine rings is 1. The molecule has 1 aromatic carbocycles. The van der Waals surface area contributed by atoms with Crippen molar-refractivity contribution in [1.82, 2.24) is 25.8 Å². The van der Waals surface area contributed by atoms with Crippen molar-refractivity contribution < 1.29 is 9.59 Å². The molecule has 0 saturated heterocycles. The first-order valence-electron chi connectivity index (χ1n) is 9.47. The van der Waals surface area contributed by atoms with Gasteiger partial charge in [0, 0.05) is 24.8 Å². The molecule has 0 atom stereocenters. The predicted molar refractivity (Wildman–Crippen MR) is 115 cm³/mol. The zero-order chi connectivity index (χ0) is 21.2. The fourth-order valence-electron chi connectivity index (χ4n) is 2.47.